The summed E-state index contributed by atoms with van der Waals surface area (Å²) in [7, 11) is 0. The van der Waals surface area contributed by atoms with Crippen LogP contribution < -0.4 is 0 Å². The zero-order valence-electron chi connectivity index (χ0n) is 30.9. The summed E-state index contributed by atoms with van der Waals surface area (Å²) in [5, 5.41) is 6.21. The lowest BCUT2D eigenvalue weighted by Gasteiger charge is -2.39. The number of carbonyl (C=O) groups excluding carboxylic acids is 4. The highest BCUT2D eigenvalue weighted by molar-refractivity contribution is 6.42. The van der Waals surface area contributed by atoms with Crippen LogP contribution in [-0.4, -0.2) is 45.5 Å². The third-order valence-corrected chi connectivity index (χ3v) is 11.2. The molecular weight excluding hydrogens is 645 g/mol. The number of benzene rings is 6. The molecule has 0 aliphatic carbocycles. The molecule has 0 unspecified atom stereocenters. The molecule has 6 heteroatoms. The van der Waals surface area contributed by atoms with E-state index in [1.54, 1.807) is 0 Å². The summed E-state index contributed by atoms with van der Waals surface area (Å²) in [5.74, 6) is 5.85. The summed E-state index contributed by atoms with van der Waals surface area (Å²) < 4.78 is 0. The van der Waals surface area contributed by atoms with Crippen LogP contribution in [0.25, 0.3) is 43.1 Å². The third-order valence-electron chi connectivity index (χ3n) is 11.2. The minimum atomic E-state index is -0.312. The summed E-state index contributed by atoms with van der Waals surface area (Å²) in [6.45, 7) is 16.4. The Kier molecular flexibility index (Phi) is 7.77. The van der Waals surface area contributed by atoms with Gasteiger partial charge >= 0.3 is 0 Å². The lowest BCUT2D eigenvalue weighted by molar-refractivity contribution is 0.0423. The van der Waals surface area contributed by atoms with Crippen LogP contribution in [0.4, 0.5) is 0 Å². The van der Waals surface area contributed by atoms with E-state index in [4.69, 9.17) is 0 Å². The number of rotatable bonds is 6. The largest absolute Gasteiger partial charge is 0.271 e. The Balaban J connectivity index is 1.49. The zero-order chi connectivity index (χ0) is 36.9. The van der Waals surface area contributed by atoms with Gasteiger partial charge in [-0.1, -0.05) is 104 Å². The fraction of sp³-hybridized carbons (Fsp3) is 0.304. The van der Waals surface area contributed by atoms with E-state index >= 15 is 0 Å². The van der Waals surface area contributed by atoms with Crippen molar-refractivity contribution in [3.05, 3.63) is 106 Å². The number of nitrogens with zero attached hydrogens (tertiary/aromatic N) is 2. The second-order valence-electron chi connectivity index (χ2n) is 15.9. The summed E-state index contributed by atoms with van der Waals surface area (Å²) in [5.41, 5.74) is 3.44. The minimum absolute atomic E-state index is 0.0591. The van der Waals surface area contributed by atoms with Crippen molar-refractivity contribution in [3.63, 3.8) is 0 Å². The van der Waals surface area contributed by atoms with Crippen LogP contribution in [-0.2, 0) is 0 Å². The van der Waals surface area contributed by atoms with Crippen LogP contribution in [0.15, 0.2) is 72.8 Å². The Morgan fingerprint density at radius 3 is 1.33 bits per heavy atom. The minimum Gasteiger partial charge on any atom is -0.271 e. The van der Waals surface area contributed by atoms with Crippen molar-refractivity contribution in [2.45, 2.75) is 67.5 Å². The molecule has 6 aromatic rings. The van der Waals surface area contributed by atoms with Gasteiger partial charge in [0, 0.05) is 67.0 Å². The molecule has 2 aliphatic rings. The number of hydrogen-bond donors (Lipinski definition) is 0. The fourth-order valence-electron chi connectivity index (χ4n) is 9.44. The van der Waals surface area contributed by atoms with Crippen molar-refractivity contribution in [2.75, 3.05) is 0 Å². The van der Waals surface area contributed by atoms with Gasteiger partial charge in [-0.2, -0.15) is 0 Å². The average molecular weight is 687 g/mol. The SMILES string of the molecule is CC(C)C(C(C)C)N1C(=O)c2ccc3c4ccc5c6c(cc(C#Cc7ccccc7)c(c7ccc(c2c37)C1=O)c64)C(=O)N(C(C(C)C)C(C)C)C5=O. The van der Waals surface area contributed by atoms with Crippen molar-refractivity contribution in [1.82, 2.24) is 9.80 Å². The summed E-state index contributed by atoms with van der Waals surface area (Å²) in [4.78, 5) is 60.7. The molecule has 0 N–H and O–H groups in total. The molecule has 0 atom stereocenters. The Labute approximate surface area is 304 Å². The van der Waals surface area contributed by atoms with Crippen LogP contribution in [0.3, 0.4) is 0 Å². The highest BCUT2D eigenvalue weighted by atomic mass is 16.2. The molecule has 0 aromatic heterocycles. The van der Waals surface area contributed by atoms with Gasteiger partial charge in [-0.05, 0) is 81.6 Å². The fourth-order valence-corrected chi connectivity index (χ4v) is 9.44. The van der Waals surface area contributed by atoms with Crippen LogP contribution in [0.2, 0.25) is 0 Å². The molecule has 2 heterocycles. The van der Waals surface area contributed by atoms with E-state index in [1.165, 1.54) is 9.80 Å². The predicted octanol–water partition coefficient (Wildman–Crippen LogP) is 9.69. The number of amides is 4. The van der Waals surface area contributed by atoms with Crippen LogP contribution >= 0.6 is 0 Å². The summed E-state index contributed by atoms with van der Waals surface area (Å²) >= 11 is 0. The number of carbonyl (C=O) groups is 4. The molecule has 0 spiro atoms. The van der Waals surface area contributed by atoms with Crippen molar-refractivity contribution in [1.29, 1.82) is 0 Å². The molecule has 260 valence electrons. The van der Waals surface area contributed by atoms with Crippen molar-refractivity contribution < 1.29 is 19.2 Å². The third kappa shape index (κ3) is 4.64. The average Bonchev–Trinajstić information content (AvgIpc) is 3.11. The standard InChI is InChI=1S/C46H42N2O4/c1-23(2)41(24(3)4)47-43(49)32-19-16-29-30-17-20-34-39-35(46(52)48(45(34)51)42(25(5)6)26(7)8)22-28(15-14-27-12-10-9-11-13-27)36(40(30)39)31-18-21-33(44(47)50)38(32)37(29)31/h9-13,16-26,41-42H,1-8H3. The topological polar surface area (TPSA) is 74.8 Å². The molecular formula is C46H42N2O4. The first kappa shape index (κ1) is 33.6. The van der Waals surface area contributed by atoms with E-state index in [2.05, 4.69) is 11.8 Å². The second kappa shape index (κ2) is 12.0. The van der Waals surface area contributed by atoms with Crippen molar-refractivity contribution in [2.24, 2.45) is 23.7 Å². The molecule has 4 amide bonds. The highest BCUT2D eigenvalue weighted by Crippen LogP contribution is 2.48. The number of fused-ring (bicyclic) bond motifs is 2. The maximum absolute atomic E-state index is 14.6. The lowest BCUT2D eigenvalue weighted by Crippen LogP contribution is -2.51. The Morgan fingerprint density at radius 1 is 0.423 bits per heavy atom. The Bertz CT molecular complexity index is 2550. The van der Waals surface area contributed by atoms with Crippen molar-refractivity contribution >= 4 is 66.7 Å². The van der Waals surface area contributed by atoms with E-state index in [9.17, 15) is 19.2 Å². The van der Waals surface area contributed by atoms with Gasteiger partial charge in [0.25, 0.3) is 23.6 Å². The predicted molar refractivity (Wildman–Crippen MR) is 208 cm³/mol. The quantitative estimate of drug-likeness (QED) is 0.0757. The molecule has 6 nitrogen and oxygen atoms in total. The van der Waals surface area contributed by atoms with Gasteiger partial charge in [0.2, 0.25) is 0 Å². The van der Waals surface area contributed by atoms with Gasteiger partial charge in [-0.25, -0.2) is 0 Å². The molecule has 0 bridgehead atoms. The van der Waals surface area contributed by atoms with E-state index < -0.39 is 0 Å². The lowest BCUT2D eigenvalue weighted by atomic mass is 9.79. The van der Waals surface area contributed by atoms with E-state index in [1.807, 2.05) is 128 Å². The second-order valence-corrected chi connectivity index (χ2v) is 15.9. The van der Waals surface area contributed by atoms with Gasteiger partial charge in [0.15, 0.2) is 0 Å². The molecule has 0 fully saturated rings. The van der Waals surface area contributed by atoms with Gasteiger partial charge in [-0.15, -0.1) is 0 Å². The summed E-state index contributed by atoms with van der Waals surface area (Å²) in [6.07, 6.45) is 0. The Hall–Kier alpha value is -5.54. The van der Waals surface area contributed by atoms with Gasteiger partial charge in [0.1, 0.15) is 0 Å². The summed E-state index contributed by atoms with van der Waals surface area (Å²) in [6, 6.07) is 22.4. The van der Waals surface area contributed by atoms with E-state index in [0.29, 0.717) is 38.6 Å². The smallest absolute Gasteiger partial charge is 0.261 e. The number of imide groups is 2. The van der Waals surface area contributed by atoms with E-state index in [0.717, 1.165) is 37.9 Å². The zero-order valence-corrected chi connectivity index (χ0v) is 30.9. The Morgan fingerprint density at radius 2 is 0.846 bits per heavy atom. The monoisotopic (exact) mass is 686 g/mol. The van der Waals surface area contributed by atoms with Crippen LogP contribution in [0.5, 0.6) is 0 Å². The molecule has 0 radical (unpaired) electrons. The normalized spacial score (nSPS) is 14.7. The van der Waals surface area contributed by atoms with Crippen LogP contribution in [0, 0.1) is 35.5 Å². The van der Waals surface area contributed by atoms with E-state index in [-0.39, 0.29) is 59.4 Å². The molecule has 0 saturated heterocycles. The van der Waals surface area contributed by atoms with Crippen molar-refractivity contribution in [3.8, 4) is 11.8 Å². The molecule has 6 aromatic carbocycles. The highest BCUT2D eigenvalue weighted by Gasteiger charge is 2.43. The maximum atomic E-state index is 14.6. The van der Waals surface area contributed by atoms with Gasteiger partial charge in [-0.3, -0.25) is 29.0 Å². The van der Waals surface area contributed by atoms with Gasteiger partial charge in [0.05, 0.1) is 0 Å². The first-order valence-electron chi connectivity index (χ1n) is 18.4. The van der Waals surface area contributed by atoms with Crippen LogP contribution in [0.1, 0.15) is 108 Å². The molecule has 8 rings (SSSR count). The number of hydrogen-bond acceptors (Lipinski definition) is 4. The molecule has 52 heavy (non-hydrogen) atoms. The maximum Gasteiger partial charge on any atom is 0.261 e. The molecule has 0 saturated carbocycles. The van der Waals surface area contributed by atoms with Gasteiger partial charge < -0.3 is 0 Å². The first-order valence-corrected chi connectivity index (χ1v) is 18.4. The molecule has 2 aliphatic heterocycles. The first-order chi connectivity index (χ1) is 24.8.